The molecule has 2 heterocycles. The molecule has 0 spiro atoms. The Hall–Kier alpha value is -3.14. The molecule has 0 atom stereocenters. The number of aromatic amines is 1. The van der Waals surface area contributed by atoms with Gasteiger partial charge >= 0.3 is 0 Å². The second kappa shape index (κ2) is 5.81. The van der Waals surface area contributed by atoms with E-state index in [2.05, 4.69) is 23.2 Å². The monoisotopic (exact) mass is 315 g/mol. The van der Waals surface area contributed by atoms with Gasteiger partial charge in [0.15, 0.2) is 0 Å². The third kappa shape index (κ3) is 2.24. The van der Waals surface area contributed by atoms with Crippen molar-refractivity contribution in [2.75, 3.05) is 0 Å². The third-order valence-corrected chi connectivity index (χ3v) is 4.28. The number of aryl methyl sites for hydroxylation is 1. The van der Waals surface area contributed by atoms with Crippen molar-refractivity contribution in [3.8, 4) is 16.9 Å². The van der Waals surface area contributed by atoms with Crippen LogP contribution in [0.2, 0.25) is 0 Å². The number of fused-ring (bicyclic) bond motifs is 1. The lowest BCUT2D eigenvalue weighted by Crippen LogP contribution is -2.22. The van der Waals surface area contributed by atoms with Gasteiger partial charge in [0, 0.05) is 23.1 Å². The van der Waals surface area contributed by atoms with Crippen molar-refractivity contribution in [1.29, 1.82) is 0 Å². The summed E-state index contributed by atoms with van der Waals surface area (Å²) in [5, 5.41) is 8.72. The number of pyridine rings is 1. The fourth-order valence-electron chi connectivity index (χ4n) is 3.16. The smallest absolute Gasteiger partial charge is 0.263 e. The van der Waals surface area contributed by atoms with Crippen LogP contribution in [0.25, 0.3) is 27.7 Å². The maximum absolute atomic E-state index is 13.3. The second-order valence-corrected chi connectivity index (χ2v) is 5.69. The molecule has 118 valence electrons. The van der Waals surface area contributed by atoms with Crippen LogP contribution < -0.4 is 5.56 Å². The van der Waals surface area contributed by atoms with E-state index in [0.29, 0.717) is 5.39 Å². The van der Waals surface area contributed by atoms with Crippen molar-refractivity contribution < 1.29 is 0 Å². The van der Waals surface area contributed by atoms with Crippen molar-refractivity contribution in [1.82, 2.24) is 14.8 Å². The molecule has 0 fully saturated rings. The fraction of sp³-hybridized carbons (Fsp3) is 0.100. The Morgan fingerprint density at radius 1 is 1.04 bits per heavy atom. The summed E-state index contributed by atoms with van der Waals surface area (Å²) in [6.45, 7) is 2.07. The summed E-state index contributed by atoms with van der Waals surface area (Å²) in [5.41, 5.74) is 3.51. The van der Waals surface area contributed by atoms with Gasteiger partial charge in [-0.05, 0) is 36.1 Å². The van der Waals surface area contributed by atoms with E-state index < -0.39 is 0 Å². The summed E-state index contributed by atoms with van der Waals surface area (Å²) in [6, 6.07) is 19.7. The summed E-state index contributed by atoms with van der Waals surface area (Å²) in [6.07, 6.45) is 2.55. The highest BCUT2D eigenvalue weighted by atomic mass is 16.1. The van der Waals surface area contributed by atoms with Crippen molar-refractivity contribution >= 4 is 10.8 Å². The highest BCUT2D eigenvalue weighted by Crippen LogP contribution is 2.26. The van der Waals surface area contributed by atoms with Gasteiger partial charge in [-0.15, -0.1) is 0 Å². The van der Waals surface area contributed by atoms with Gasteiger partial charge < -0.3 is 0 Å². The minimum absolute atomic E-state index is 0.00542. The number of H-pyrrole nitrogens is 1. The van der Waals surface area contributed by atoms with E-state index in [9.17, 15) is 4.79 Å². The van der Waals surface area contributed by atoms with Gasteiger partial charge in [0.2, 0.25) is 0 Å². The van der Waals surface area contributed by atoms with E-state index in [0.717, 1.165) is 34.4 Å². The first-order valence-corrected chi connectivity index (χ1v) is 8.03. The predicted molar refractivity (Wildman–Crippen MR) is 96.5 cm³/mol. The van der Waals surface area contributed by atoms with Crippen LogP contribution in [0.5, 0.6) is 0 Å². The Bertz CT molecular complexity index is 1050. The molecule has 2 aromatic heterocycles. The lowest BCUT2D eigenvalue weighted by Gasteiger charge is -2.14. The first-order valence-electron chi connectivity index (χ1n) is 8.03. The van der Waals surface area contributed by atoms with Gasteiger partial charge in [0.25, 0.3) is 5.56 Å². The number of hydrogen-bond donors (Lipinski definition) is 1. The zero-order chi connectivity index (χ0) is 16.5. The number of hydrogen-bond acceptors (Lipinski definition) is 2. The van der Waals surface area contributed by atoms with Crippen LogP contribution in [0.1, 0.15) is 12.6 Å². The van der Waals surface area contributed by atoms with Crippen molar-refractivity contribution in [2.45, 2.75) is 13.3 Å². The Morgan fingerprint density at radius 2 is 1.88 bits per heavy atom. The Balaban J connectivity index is 2.12. The van der Waals surface area contributed by atoms with Crippen LogP contribution >= 0.6 is 0 Å². The minimum Gasteiger partial charge on any atom is -0.285 e. The normalized spacial score (nSPS) is 11.0. The first-order chi connectivity index (χ1) is 11.8. The van der Waals surface area contributed by atoms with Gasteiger partial charge in [-0.1, -0.05) is 43.3 Å². The fourth-order valence-corrected chi connectivity index (χ4v) is 3.16. The predicted octanol–water partition coefficient (Wildman–Crippen LogP) is 3.94. The van der Waals surface area contributed by atoms with Crippen molar-refractivity contribution in [2.24, 2.45) is 0 Å². The van der Waals surface area contributed by atoms with Crippen LogP contribution in [0, 0.1) is 0 Å². The standard InChI is InChI=1S/C20H17N3O/c1-2-15-13-14-7-6-10-17(18-11-12-21-22-18)19(14)20(24)23(15)16-8-4-3-5-9-16/h3-13H,2H2,1H3,(H,21,22). The summed E-state index contributed by atoms with van der Waals surface area (Å²) in [7, 11) is 0. The highest BCUT2D eigenvalue weighted by Gasteiger charge is 2.14. The molecule has 1 N–H and O–H groups in total. The van der Waals surface area contributed by atoms with Gasteiger partial charge in [-0.2, -0.15) is 5.10 Å². The maximum Gasteiger partial charge on any atom is 0.263 e. The molecule has 4 heteroatoms. The zero-order valence-corrected chi connectivity index (χ0v) is 13.4. The van der Waals surface area contributed by atoms with Crippen LogP contribution in [0.15, 0.2) is 71.7 Å². The summed E-state index contributed by atoms with van der Waals surface area (Å²) in [5.74, 6) is 0. The molecular weight excluding hydrogens is 298 g/mol. The van der Waals surface area contributed by atoms with Crippen LogP contribution in [-0.2, 0) is 6.42 Å². The quantitative estimate of drug-likeness (QED) is 0.622. The molecule has 0 radical (unpaired) electrons. The molecule has 24 heavy (non-hydrogen) atoms. The molecule has 0 saturated carbocycles. The number of rotatable bonds is 3. The highest BCUT2D eigenvalue weighted by molar-refractivity contribution is 5.95. The van der Waals surface area contributed by atoms with Gasteiger partial charge in [-0.3, -0.25) is 14.5 Å². The number of para-hydroxylation sites is 1. The van der Waals surface area contributed by atoms with Gasteiger partial charge in [-0.25, -0.2) is 0 Å². The topological polar surface area (TPSA) is 50.7 Å². The summed E-state index contributed by atoms with van der Waals surface area (Å²) < 4.78 is 1.80. The van der Waals surface area contributed by atoms with Crippen LogP contribution in [0.3, 0.4) is 0 Å². The molecule has 2 aromatic carbocycles. The molecule has 4 aromatic rings. The van der Waals surface area contributed by atoms with Crippen molar-refractivity contribution in [3.63, 3.8) is 0 Å². The molecule has 0 aliphatic rings. The minimum atomic E-state index is -0.00542. The Kier molecular flexibility index (Phi) is 3.50. The van der Waals surface area contributed by atoms with Gasteiger partial charge in [0.1, 0.15) is 0 Å². The average molecular weight is 315 g/mol. The van der Waals surface area contributed by atoms with Crippen LogP contribution in [-0.4, -0.2) is 14.8 Å². The maximum atomic E-state index is 13.3. The molecule has 4 nitrogen and oxygen atoms in total. The second-order valence-electron chi connectivity index (χ2n) is 5.69. The van der Waals surface area contributed by atoms with E-state index in [1.54, 1.807) is 10.8 Å². The summed E-state index contributed by atoms with van der Waals surface area (Å²) >= 11 is 0. The Morgan fingerprint density at radius 3 is 2.58 bits per heavy atom. The molecule has 0 aliphatic heterocycles. The third-order valence-electron chi connectivity index (χ3n) is 4.28. The molecule has 0 saturated heterocycles. The molecule has 0 aliphatic carbocycles. The molecule has 0 bridgehead atoms. The zero-order valence-electron chi connectivity index (χ0n) is 13.4. The van der Waals surface area contributed by atoms with Crippen molar-refractivity contribution in [3.05, 3.63) is 82.9 Å². The average Bonchev–Trinajstić information content (AvgIpc) is 3.16. The van der Waals surface area contributed by atoms with E-state index in [4.69, 9.17) is 0 Å². The first kappa shape index (κ1) is 14.5. The number of nitrogens with zero attached hydrogens (tertiary/aromatic N) is 2. The Labute approximate surface area is 139 Å². The van der Waals surface area contributed by atoms with E-state index in [-0.39, 0.29) is 5.56 Å². The van der Waals surface area contributed by atoms with E-state index in [1.807, 2.05) is 54.6 Å². The lowest BCUT2D eigenvalue weighted by molar-refractivity contribution is 0.889. The largest absolute Gasteiger partial charge is 0.285 e. The molecule has 4 rings (SSSR count). The van der Waals surface area contributed by atoms with E-state index in [1.165, 1.54) is 0 Å². The molecule has 0 amide bonds. The number of aromatic nitrogens is 3. The number of benzene rings is 2. The summed E-state index contributed by atoms with van der Waals surface area (Å²) in [4.78, 5) is 13.3. The van der Waals surface area contributed by atoms with Crippen LogP contribution in [0.4, 0.5) is 0 Å². The molecule has 0 unspecified atom stereocenters. The lowest BCUT2D eigenvalue weighted by atomic mass is 10.0. The molecular formula is C20H17N3O. The number of nitrogens with one attached hydrogen (secondary N) is 1. The SMILES string of the molecule is CCc1cc2cccc(-c3cc[nH]n3)c2c(=O)n1-c1ccccc1. The van der Waals surface area contributed by atoms with E-state index >= 15 is 0 Å². The van der Waals surface area contributed by atoms with Gasteiger partial charge in [0.05, 0.1) is 11.1 Å².